The molecule has 106 valence electrons. The van der Waals surface area contributed by atoms with Gasteiger partial charge in [0.1, 0.15) is 22.7 Å². The lowest BCUT2D eigenvalue weighted by Gasteiger charge is -2.12. The van der Waals surface area contributed by atoms with E-state index in [4.69, 9.17) is 4.74 Å². The molecule has 1 aromatic heterocycles. The van der Waals surface area contributed by atoms with E-state index >= 15 is 0 Å². The van der Waals surface area contributed by atoms with Gasteiger partial charge in [-0.15, -0.1) is 0 Å². The average Bonchev–Trinajstić information content (AvgIpc) is 2.48. The standard InChI is InChI=1S/C16H14N2O3/c1-10-17-13-4-3-5-14(21-2)15(13)16(20)18(10)11-6-8-12(19)9-7-11/h3-9,19H,1-2H3. The van der Waals surface area contributed by atoms with Crippen molar-refractivity contribution < 1.29 is 9.84 Å². The molecule has 3 rings (SSSR count). The fourth-order valence-electron chi connectivity index (χ4n) is 2.39. The average molecular weight is 282 g/mol. The van der Waals surface area contributed by atoms with Gasteiger partial charge in [-0.3, -0.25) is 9.36 Å². The third kappa shape index (κ3) is 2.12. The summed E-state index contributed by atoms with van der Waals surface area (Å²) in [4.78, 5) is 17.3. The molecule has 0 amide bonds. The van der Waals surface area contributed by atoms with E-state index in [2.05, 4.69) is 4.98 Å². The van der Waals surface area contributed by atoms with Crippen LogP contribution in [0, 0.1) is 6.92 Å². The number of methoxy groups -OCH3 is 1. The molecule has 21 heavy (non-hydrogen) atoms. The zero-order valence-corrected chi connectivity index (χ0v) is 11.7. The van der Waals surface area contributed by atoms with Crippen molar-refractivity contribution in [2.75, 3.05) is 7.11 Å². The largest absolute Gasteiger partial charge is 0.508 e. The number of hydrogen-bond donors (Lipinski definition) is 1. The van der Waals surface area contributed by atoms with Crippen LogP contribution in [-0.4, -0.2) is 21.8 Å². The minimum Gasteiger partial charge on any atom is -0.508 e. The highest BCUT2D eigenvalue weighted by Crippen LogP contribution is 2.22. The Hall–Kier alpha value is -2.82. The summed E-state index contributed by atoms with van der Waals surface area (Å²) in [6.07, 6.45) is 0. The maximum Gasteiger partial charge on any atom is 0.269 e. The fourth-order valence-corrected chi connectivity index (χ4v) is 2.39. The normalized spacial score (nSPS) is 10.8. The lowest BCUT2D eigenvalue weighted by Crippen LogP contribution is -2.22. The van der Waals surface area contributed by atoms with Crippen LogP contribution in [0.2, 0.25) is 0 Å². The van der Waals surface area contributed by atoms with Crippen molar-refractivity contribution in [2.45, 2.75) is 6.92 Å². The van der Waals surface area contributed by atoms with E-state index in [1.807, 2.05) is 0 Å². The summed E-state index contributed by atoms with van der Waals surface area (Å²) in [5.41, 5.74) is 1.06. The predicted molar refractivity (Wildman–Crippen MR) is 80.3 cm³/mol. The quantitative estimate of drug-likeness (QED) is 0.784. The smallest absolute Gasteiger partial charge is 0.269 e. The maximum atomic E-state index is 12.8. The Bertz CT molecular complexity index is 867. The molecular weight excluding hydrogens is 268 g/mol. The van der Waals surface area contributed by atoms with Crippen LogP contribution in [0.25, 0.3) is 16.6 Å². The van der Waals surface area contributed by atoms with Crippen molar-refractivity contribution in [3.8, 4) is 17.2 Å². The first kappa shape index (κ1) is 13.2. The van der Waals surface area contributed by atoms with E-state index in [-0.39, 0.29) is 11.3 Å². The van der Waals surface area contributed by atoms with Crippen LogP contribution >= 0.6 is 0 Å². The molecule has 0 bridgehead atoms. The van der Waals surface area contributed by atoms with Crippen molar-refractivity contribution in [3.63, 3.8) is 0 Å². The van der Waals surface area contributed by atoms with E-state index in [9.17, 15) is 9.90 Å². The Morgan fingerprint density at radius 1 is 1.14 bits per heavy atom. The van der Waals surface area contributed by atoms with Crippen molar-refractivity contribution in [1.82, 2.24) is 9.55 Å². The molecule has 0 spiro atoms. The second-order valence-corrected chi connectivity index (χ2v) is 4.67. The fraction of sp³-hybridized carbons (Fsp3) is 0.125. The Kier molecular flexibility index (Phi) is 3.10. The molecule has 1 N–H and O–H groups in total. The number of aromatic nitrogens is 2. The molecule has 0 fully saturated rings. The Labute approximate surface area is 121 Å². The molecule has 5 nitrogen and oxygen atoms in total. The van der Waals surface area contributed by atoms with Gasteiger partial charge in [-0.2, -0.15) is 0 Å². The highest BCUT2D eigenvalue weighted by molar-refractivity contribution is 5.84. The summed E-state index contributed by atoms with van der Waals surface area (Å²) in [6.45, 7) is 1.77. The summed E-state index contributed by atoms with van der Waals surface area (Å²) in [7, 11) is 1.53. The van der Waals surface area contributed by atoms with E-state index in [1.54, 1.807) is 37.3 Å². The van der Waals surface area contributed by atoms with Crippen molar-refractivity contribution in [1.29, 1.82) is 0 Å². The number of nitrogens with zero attached hydrogens (tertiary/aromatic N) is 2. The number of fused-ring (bicyclic) bond motifs is 1. The molecule has 0 aliphatic carbocycles. The molecule has 0 aliphatic heterocycles. The Morgan fingerprint density at radius 2 is 1.86 bits per heavy atom. The molecule has 0 atom stereocenters. The SMILES string of the molecule is COc1cccc2nc(C)n(-c3ccc(O)cc3)c(=O)c12. The molecule has 5 heteroatoms. The molecule has 0 unspecified atom stereocenters. The first-order valence-corrected chi connectivity index (χ1v) is 6.47. The zero-order chi connectivity index (χ0) is 15.0. The lowest BCUT2D eigenvalue weighted by molar-refractivity contribution is 0.419. The summed E-state index contributed by atoms with van der Waals surface area (Å²) in [6, 6.07) is 11.7. The molecule has 2 aromatic carbocycles. The van der Waals surface area contributed by atoms with Crippen molar-refractivity contribution in [3.05, 3.63) is 58.6 Å². The predicted octanol–water partition coefficient (Wildman–Crippen LogP) is 2.41. The Balaban J connectivity index is 2.38. The van der Waals surface area contributed by atoms with Crippen LogP contribution in [0.15, 0.2) is 47.3 Å². The van der Waals surface area contributed by atoms with Gasteiger partial charge < -0.3 is 9.84 Å². The second kappa shape index (κ2) is 4.94. The number of benzene rings is 2. The number of aromatic hydroxyl groups is 1. The number of phenolic OH excluding ortho intramolecular Hbond substituents is 1. The molecular formula is C16H14N2O3. The monoisotopic (exact) mass is 282 g/mol. The zero-order valence-electron chi connectivity index (χ0n) is 11.7. The summed E-state index contributed by atoms with van der Waals surface area (Å²) < 4.78 is 6.77. The molecule has 0 aliphatic rings. The number of aryl methyl sites for hydroxylation is 1. The van der Waals surface area contributed by atoms with Crippen molar-refractivity contribution in [2.24, 2.45) is 0 Å². The molecule has 1 heterocycles. The first-order chi connectivity index (χ1) is 10.1. The minimum atomic E-state index is -0.194. The number of phenols is 1. The van der Waals surface area contributed by atoms with Gasteiger partial charge in [-0.05, 0) is 43.3 Å². The second-order valence-electron chi connectivity index (χ2n) is 4.67. The van der Waals surface area contributed by atoms with Gasteiger partial charge in [0, 0.05) is 0 Å². The van der Waals surface area contributed by atoms with Gasteiger partial charge in [-0.1, -0.05) is 6.07 Å². The summed E-state index contributed by atoms with van der Waals surface area (Å²) in [5, 5.41) is 9.82. The lowest BCUT2D eigenvalue weighted by atomic mass is 10.2. The topological polar surface area (TPSA) is 64.3 Å². The third-order valence-electron chi connectivity index (χ3n) is 3.35. The van der Waals surface area contributed by atoms with Crippen molar-refractivity contribution >= 4 is 10.9 Å². The van der Waals surface area contributed by atoms with Gasteiger partial charge in [0.25, 0.3) is 5.56 Å². The molecule has 0 saturated carbocycles. The van der Waals surface area contributed by atoms with Crippen LogP contribution in [0.4, 0.5) is 0 Å². The number of ether oxygens (including phenoxy) is 1. The van der Waals surface area contributed by atoms with Crippen LogP contribution in [-0.2, 0) is 0 Å². The Morgan fingerprint density at radius 3 is 2.52 bits per heavy atom. The minimum absolute atomic E-state index is 0.149. The van der Waals surface area contributed by atoms with E-state index in [0.29, 0.717) is 28.2 Å². The molecule has 0 saturated heterocycles. The number of hydrogen-bond acceptors (Lipinski definition) is 4. The van der Waals surface area contributed by atoms with Gasteiger partial charge in [0.15, 0.2) is 0 Å². The van der Waals surface area contributed by atoms with Gasteiger partial charge in [0.05, 0.1) is 18.3 Å². The van der Waals surface area contributed by atoms with E-state index < -0.39 is 0 Å². The van der Waals surface area contributed by atoms with Gasteiger partial charge >= 0.3 is 0 Å². The van der Waals surface area contributed by atoms with E-state index in [0.717, 1.165) is 0 Å². The van der Waals surface area contributed by atoms with Crippen LogP contribution < -0.4 is 10.3 Å². The van der Waals surface area contributed by atoms with Crippen LogP contribution in [0.3, 0.4) is 0 Å². The van der Waals surface area contributed by atoms with Gasteiger partial charge in [0.2, 0.25) is 0 Å². The van der Waals surface area contributed by atoms with Crippen LogP contribution in [0.1, 0.15) is 5.82 Å². The summed E-state index contributed by atoms with van der Waals surface area (Å²) in [5.74, 6) is 1.22. The van der Waals surface area contributed by atoms with Gasteiger partial charge in [-0.25, -0.2) is 4.98 Å². The summed E-state index contributed by atoms with van der Waals surface area (Å²) >= 11 is 0. The van der Waals surface area contributed by atoms with E-state index in [1.165, 1.54) is 23.8 Å². The number of rotatable bonds is 2. The highest BCUT2D eigenvalue weighted by atomic mass is 16.5. The maximum absolute atomic E-state index is 12.8. The molecule has 3 aromatic rings. The highest BCUT2D eigenvalue weighted by Gasteiger charge is 2.13. The molecule has 0 radical (unpaired) electrons. The van der Waals surface area contributed by atoms with Crippen LogP contribution in [0.5, 0.6) is 11.5 Å². The third-order valence-corrected chi connectivity index (χ3v) is 3.35. The first-order valence-electron chi connectivity index (χ1n) is 6.47.